The van der Waals surface area contributed by atoms with E-state index in [0.717, 1.165) is 69.4 Å². The maximum atomic E-state index is 12.6. The van der Waals surface area contributed by atoms with Gasteiger partial charge in [-0.2, -0.15) is 0 Å². The normalized spacial score (nSPS) is 16.2. The summed E-state index contributed by atoms with van der Waals surface area (Å²) in [6, 6.07) is -0.871. The van der Waals surface area contributed by atoms with Crippen LogP contribution in [0.4, 0.5) is 5.13 Å². The highest BCUT2D eigenvalue weighted by Gasteiger charge is 2.24. The van der Waals surface area contributed by atoms with Gasteiger partial charge in [0.05, 0.1) is 11.7 Å². The van der Waals surface area contributed by atoms with Crippen molar-refractivity contribution in [1.82, 2.24) is 10.3 Å². The summed E-state index contributed by atoms with van der Waals surface area (Å²) in [6.07, 6.45) is 35.9. The first-order chi connectivity index (χ1) is 22.2. The van der Waals surface area contributed by atoms with Crippen molar-refractivity contribution >= 4 is 34.1 Å². The number of Topliss-reactive ketones (excluding diaryl/α,β-unsaturated/α-hetero) is 1. The number of ketones is 1. The zero-order valence-corrected chi connectivity index (χ0v) is 29.9. The number of aryl methyl sites for hydroxylation is 1. The number of thiazole rings is 1. The standard InChI is InChI=1S/C34H51N3O2S.C4H9NO/c1-4-6-8-9-10-11-12-13-14-15-16-17-18-19-20-21-22-24-32(38)35-28(3)33(39)37-34-36-30-26-25-29(23-7-5-2)27-31(30)40-34;1-3(5)4(2)6/h6,8,10-11,13-14,16-17,19-20,28-29H,4-5,7,9,12,15,18,21-27H2,1-3H3,(H,35,38)(H,36,37,39);3H,5H2,1-2H3/b8-6-,11-10-,14-13-,17-16-,20-19-;/t28-,29+;3-/m00/s1. The number of carbonyl (C=O) groups excluding carboxylic acids is 3. The molecular weight excluding hydrogens is 593 g/mol. The molecular formula is C38H60N4O3S. The molecule has 1 aromatic rings. The van der Waals surface area contributed by atoms with Gasteiger partial charge in [-0.1, -0.05) is 93.9 Å². The van der Waals surface area contributed by atoms with E-state index in [9.17, 15) is 14.4 Å². The van der Waals surface area contributed by atoms with Crippen molar-refractivity contribution in [3.63, 3.8) is 0 Å². The largest absolute Gasteiger partial charge is 0.345 e. The smallest absolute Gasteiger partial charge is 0.248 e. The zero-order chi connectivity index (χ0) is 34.0. The average Bonchev–Trinajstić information content (AvgIpc) is 3.43. The summed E-state index contributed by atoms with van der Waals surface area (Å²) >= 11 is 1.60. The van der Waals surface area contributed by atoms with Crippen LogP contribution in [-0.2, 0) is 27.2 Å². The lowest BCUT2D eigenvalue weighted by Crippen LogP contribution is -2.41. The number of fused-ring (bicyclic) bond motifs is 1. The first kappa shape index (κ1) is 40.9. The van der Waals surface area contributed by atoms with Crippen molar-refractivity contribution in [2.75, 3.05) is 5.32 Å². The van der Waals surface area contributed by atoms with Crippen LogP contribution < -0.4 is 16.4 Å². The lowest BCUT2D eigenvalue weighted by Gasteiger charge is -2.20. The number of nitrogens with two attached hydrogens (primary N) is 1. The van der Waals surface area contributed by atoms with Crippen molar-refractivity contribution < 1.29 is 14.4 Å². The minimum atomic E-state index is -0.584. The maximum absolute atomic E-state index is 12.6. The number of unbranched alkanes of at least 4 members (excludes halogenated alkanes) is 2. The third kappa shape index (κ3) is 20.1. The van der Waals surface area contributed by atoms with E-state index in [1.54, 1.807) is 25.2 Å². The Labute approximate surface area is 283 Å². The Bertz CT molecular complexity index is 1160. The number of hydrogen-bond acceptors (Lipinski definition) is 6. The van der Waals surface area contributed by atoms with Crippen LogP contribution in [0.2, 0.25) is 0 Å². The molecule has 2 rings (SSSR count). The van der Waals surface area contributed by atoms with E-state index in [2.05, 4.69) is 90.2 Å². The van der Waals surface area contributed by atoms with Crippen LogP contribution in [0, 0.1) is 5.92 Å². The van der Waals surface area contributed by atoms with Gasteiger partial charge in [0, 0.05) is 11.3 Å². The molecule has 1 aliphatic carbocycles. The SMILES string of the molecule is CC(=O)[C@H](C)N.CC/C=C\C/C=C\C/C=C\C/C=C\C/C=C\CCCC(=O)N[C@@H](C)C(=O)Nc1nc2c(s1)C[C@H](CCCC)CC2. The minimum absolute atomic E-state index is 0.0370. The summed E-state index contributed by atoms with van der Waals surface area (Å²) in [4.78, 5) is 40.9. The Morgan fingerprint density at radius 3 is 2.02 bits per heavy atom. The van der Waals surface area contributed by atoms with Gasteiger partial charge in [-0.25, -0.2) is 4.98 Å². The Hall–Kier alpha value is -3.10. The fourth-order valence-electron chi connectivity index (χ4n) is 4.58. The Balaban J connectivity index is 0.00000160. The summed E-state index contributed by atoms with van der Waals surface area (Å²) < 4.78 is 0. The highest BCUT2D eigenvalue weighted by Crippen LogP contribution is 2.34. The van der Waals surface area contributed by atoms with Gasteiger partial charge in [0.1, 0.15) is 11.8 Å². The van der Waals surface area contributed by atoms with Crippen molar-refractivity contribution in [1.29, 1.82) is 0 Å². The zero-order valence-electron chi connectivity index (χ0n) is 29.1. The molecule has 256 valence electrons. The Morgan fingerprint density at radius 2 is 1.48 bits per heavy atom. The van der Waals surface area contributed by atoms with E-state index < -0.39 is 6.04 Å². The lowest BCUT2D eigenvalue weighted by molar-refractivity contribution is -0.126. The van der Waals surface area contributed by atoms with Gasteiger partial charge in [0.15, 0.2) is 5.13 Å². The van der Waals surface area contributed by atoms with Gasteiger partial charge in [0.2, 0.25) is 11.8 Å². The second-order valence-electron chi connectivity index (χ2n) is 11.9. The molecule has 0 aromatic carbocycles. The van der Waals surface area contributed by atoms with Crippen LogP contribution in [0.25, 0.3) is 0 Å². The molecule has 4 N–H and O–H groups in total. The molecule has 46 heavy (non-hydrogen) atoms. The van der Waals surface area contributed by atoms with Gasteiger partial charge in [-0.05, 0) is 90.9 Å². The Kier molecular flexibility index (Phi) is 23.1. The molecule has 0 saturated heterocycles. The number of nitrogens with one attached hydrogen (secondary N) is 2. The van der Waals surface area contributed by atoms with Gasteiger partial charge < -0.3 is 16.4 Å². The first-order valence-electron chi connectivity index (χ1n) is 17.3. The predicted molar refractivity (Wildman–Crippen MR) is 196 cm³/mol. The number of hydrogen-bond donors (Lipinski definition) is 3. The molecule has 0 aliphatic heterocycles. The van der Waals surface area contributed by atoms with Crippen molar-refractivity contribution in [2.45, 2.75) is 137 Å². The summed E-state index contributed by atoms with van der Waals surface area (Å²) in [5, 5.41) is 6.40. The van der Waals surface area contributed by atoms with E-state index in [0.29, 0.717) is 11.6 Å². The second-order valence-corrected chi connectivity index (χ2v) is 13.0. The summed E-state index contributed by atoms with van der Waals surface area (Å²) in [7, 11) is 0. The number of anilines is 1. The fourth-order valence-corrected chi connectivity index (χ4v) is 5.70. The van der Waals surface area contributed by atoms with Crippen molar-refractivity contribution in [2.24, 2.45) is 11.7 Å². The first-order valence-corrected chi connectivity index (χ1v) is 18.1. The molecule has 8 heteroatoms. The number of allylic oxidation sites excluding steroid dienone is 10. The van der Waals surface area contributed by atoms with E-state index >= 15 is 0 Å². The molecule has 1 aromatic heterocycles. The van der Waals surface area contributed by atoms with Gasteiger partial charge in [0.25, 0.3) is 0 Å². The number of amides is 2. The quantitative estimate of drug-likeness (QED) is 0.0963. The maximum Gasteiger partial charge on any atom is 0.248 e. The molecule has 1 heterocycles. The average molecular weight is 653 g/mol. The number of carbonyl (C=O) groups is 3. The van der Waals surface area contributed by atoms with Gasteiger partial charge in [-0.3, -0.25) is 14.4 Å². The highest BCUT2D eigenvalue weighted by atomic mass is 32.1. The van der Waals surface area contributed by atoms with Crippen LogP contribution in [0.1, 0.15) is 122 Å². The van der Waals surface area contributed by atoms with E-state index in [-0.39, 0.29) is 23.6 Å². The van der Waals surface area contributed by atoms with Gasteiger partial charge >= 0.3 is 0 Å². The van der Waals surface area contributed by atoms with Crippen molar-refractivity contribution in [3.05, 3.63) is 71.3 Å². The molecule has 3 atom stereocenters. The number of rotatable bonds is 20. The summed E-state index contributed by atoms with van der Waals surface area (Å²) in [5.74, 6) is 0.478. The van der Waals surface area contributed by atoms with E-state index in [1.807, 2.05) is 0 Å². The molecule has 1 aliphatic rings. The topological polar surface area (TPSA) is 114 Å². The van der Waals surface area contributed by atoms with Crippen LogP contribution in [-0.4, -0.2) is 34.7 Å². The predicted octanol–water partition coefficient (Wildman–Crippen LogP) is 8.73. The monoisotopic (exact) mass is 652 g/mol. The number of nitrogens with zero attached hydrogens (tertiary/aromatic N) is 1. The molecule has 0 unspecified atom stereocenters. The van der Waals surface area contributed by atoms with Crippen LogP contribution >= 0.6 is 11.3 Å². The third-order valence-corrected chi connectivity index (χ3v) is 8.62. The van der Waals surface area contributed by atoms with Crippen LogP contribution in [0.3, 0.4) is 0 Å². The molecule has 0 radical (unpaired) electrons. The number of aromatic nitrogens is 1. The lowest BCUT2D eigenvalue weighted by atomic mass is 9.87. The van der Waals surface area contributed by atoms with E-state index in [1.165, 1.54) is 37.5 Å². The molecule has 0 spiro atoms. The fraction of sp³-hybridized carbons (Fsp3) is 0.579. The van der Waals surface area contributed by atoms with E-state index in [4.69, 9.17) is 5.73 Å². The molecule has 0 fully saturated rings. The third-order valence-electron chi connectivity index (χ3n) is 7.58. The van der Waals surface area contributed by atoms with Crippen LogP contribution in [0.15, 0.2) is 60.8 Å². The highest BCUT2D eigenvalue weighted by molar-refractivity contribution is 7.15. The summed E-state index contributed by atoms with van der Waals surface area (Å²) in [5.41, 5.74) is 6.22. The molecule has 0 saturated carbocycles. The molecule has 7 nitrogen and oxygen atoms in total. The Morgan fingerprint density at radius 1 is 0.913 bits per heavy atom. The molecule has 2 amide bonds. The second kappa shape index (κ2) is 26.0. The molecule has 0 bridgehead atoms. The van der Waals surface area contributed by atoms with Crippen molar-refractivity contribution in [3.8, 4) is 0 Å². The van der Waals surface area contributed by atoms with Crippen LogP contribution in [0.5, 0.6) is 0 Å². The minimum Gasteiger partial charge on any atom is -0.345 e. The summed E-state index contributed by atoms with van der Waals surface area (Å²) in [6.45, 7) is 9.26. The van der Waals surface area contributed by atoms with Gasteiger partial charge in [-0.15, -0.1) is 11.3 Å².